The fraction of sp³-hybridized carbons (Fsp3) is 0. The molecule has 0 aromatic heterocycles. The Morgan fingerprint density at radius 1 is 1.38 bits per heavy atom. The molecule has 0 unspecified atom stereocenters. The smallest absolute Gasteiger partial charge is 0.288 e. The largest absolute Gasteiger partial charge is 0.303 e. The van der Waals surface area contributed by atoms with Gasteiger partial charge in [-0.15, -0.1) is 0 Å². The first-order valence-electron chi connectivity index (χ1n) is 3.60. The maximum Gasteiger partial charge on any atom is 0.303 e. The fourth-order valence-electron chi connectivity index (χ4n) is 0.815. The van der Waals surface area contributed by atoms with Crippen LogP contribution in [0.3, 0.4) is 0 Å². The van der Waals surface area contributed by atoms with Crippen LogP contribution < -0.4 is 5.48 Å². The molecule has 0 spiro atoms. The zero-order valence-corrected chi connectivity index (χ0v) is 6.70. The van der Waals surface area contributed by atoms with Gasteiger partial charge in [-0.1, -0.05) is 30.3 Å². The monoisotopic (exact) mass is 181 g/mol. The number of carbonyl (C=O) groups excluding carboxylic acids is 1. The maximum atomic E-state index is 12.8. The minimum absolute atomic E-state index is 0.559. The van der Waals surface area contributed by atoms with Crippen molar-refractivity contribution in [3.05, 3.63) is 41.7 Å². The molecular weight excluding hydrogens is 173 g/mol. The summed E-state index contributed by atoms with van der Waals surface area (Å²) >= 11 is 0. The molecule has 0 saturated heterocycles. The number of rotatable bonds is 2. The molecule has 1 aromatic rings. The first-order chi connectivity index (χ1) is 6.24. The highest BCUT2D eigenvalue weighted by Crippen LogP contribution is 2.06. The molecule has 2 N–H and O–H groups in total. The maximum absolute atomic E-state index is 12.8. The predicted octanol–water partition coefficient (Wildman–Crippen LogP) is 1.50. The van der Waals surface area contributed by atoms with Crippen LogP contribution in [0, 0.1) is 0 Å². The fourth-order valence-corrected chi connectivity index (χ4v) is 0.815. The number of benzene rings is 1. The molecular formula is C9H8FNO2. The quantitative estimate of drug-likeness (QED) is 0.412. The summed E-state index contributed by atoms with van der Waals surface area (Å²) < 4.78 is 12.8. The first-order valence-corrected chi connectivity index (χ1v) is 3.60. The van der Waals surface area contributed by atoms with Crippen molar-refractivity contribution < 1.29 is 14.4 Å². The van der Waals surface area contributed by atoms with Crippen LogP contribution in [-0.2, 0) is 4.79 Å². The summed E-state index contributed by atoms with van der Waals surface area (Å²) in [4.78, 5) is 10.5. The van der Waals surface area contributed by atoms with Crippen molar-refractivity contribution in [2.24, 2.45) is 0 Å². The predicted molar refractivity (Wildman–Crippen MR) is 45.5 cm³/mol. The Bertz CT molecular complexity index is 322. The lowest BCUT2D eigenvalue weighted by molar-refractivity contribution is -0.126. The highest BCUT2D eigenvalue weighted by atomic mass is 19.1. The highest BCUT2D eigenvalue weighted by molar-refractivity contribution is 5.94. The third-order valence-corrected chi connectivity index (χ3v) is 1.41. The Labute approximate surface area is 74.5 Å². The van der Waals surface area contributed by atoms with Gasteiger partial charge in [0.2, 0.25) is 0 Å². The number of nitrogens with one attached hydrogen (secondary N) is 1. The van der Waals surface area contributed by atoms with Crippen molar-refractivity contribution in [1.82, 2.24) is 5.48 Å². The second-order valence-electron chi connectivity index (χ2n) is 2.34. The number of halogens is 1. The normalized spacial score (nSPS) is 11.1. The number of hydrogen-bond acceptors (Lipinski definition) is 2. The summed E-state index contributed by atoms with van der Waals surface area (Å²) in [6, 6.07) is 8.50. The van der Waals surface area contributed by atoms with Crippen molar-refractivity contribution in [2.45, 2.75) is 0 Å². The zero-order valence-electron chi connectivity index (χ0n) is 6.70. The van der Waals surface area contributed by atoms with Gasteiger partial charge < -0.3 is 0 Å². The van der Waals surface area contributed by atoms with Crippen molar-refractivity contribution >= 4 is 12.0 Å². The van der Waals surface area contributed by atoms with Crippen molar-refractivity contribution in [3.8, 4) is 0 Å². The molecule has 0 bridgehead atoms. The van der Waals surface area contributed by atoms with Crippen LogP contribution in [0.4, 0.5) is 4.39 Å². The molecule has 0 saturated carbocycles. The van der Waals surface area contributed by atoms with Crippen LogP contribution in [-0.4, -0.2) is 11.1 Å². The van der Waals surface area contributed by atoms with Crippen LogP contribution in [0.15, 0.2) is 36.2 Å². The lowest BCUT2D eigenvalue weighted by Crippen LogP contribution is -2.18. The molecule has 0 aliphatic rings. The van der Waals surface area contributed by atoms with E-state index in [2.05, 4.69) is 0 Å². The van der Waals surface area contributed by atoms with Gasteiger partial charge in [0.15, 0.2) is 5.83 Å². The van der Waals surface area contributed by atoms with Crippen LogP contribution in [0.1, 0.15) is 5.56 Å². The topological polar surface area (TPSA) is 49.3 Å². The summed E-state index contributed by atoms with van der Waals surface area (Å²) in [6.07, 6.45) is 1.03. The summed E-state index contributed by atoms with van der Waals surface area (Å²) in [5, 5.41) is 8.10. The molecule has 13 heavy (non-hydrogen) atoms. The SMILES string of the molecule is O=C(NO)/C(F)=C/c1ccccc1. The summed E-state index contributed by atoms with van der Waals surface area (Å²) in [6.45, 7) is 0. The number of hydroxylamine groups is 1. The molecule has 1 amide bonds. The first kappa shape index (κ1) is 9.41. The molecule has 0 radical (unpaired) electrons. The van der Waals surface area contributed by atoms with E-state index in [1.54, 1.807) is 30.3 Å². The lowest BCUT2D eigenvalue weighted by atomic mass is 10.2. The van der Waals surface area contributed by atoms with Crippen molar-refractivity contribution in [3.63, 3.8) is 0 Å². The van der Waals surface area contributed by atoms with E-state index in [1.165, 1.54) is 5.48 Å². The second-order valence-corrected chi connectivity index (χ2v) is 2.34. The van der Waals surface area contributed by atoms with E-state index in [4.69, 9.17) is 5.21 Å². The van der Waals surface area contributed by atoms with E-state index >= 15 is 0 Å². The van der Waals surface area contributed by atoms with Gasteiger partial charge in [0, 0.05) is 0 Å². The Hall–Kier alpha value is -1.68. The van der Waals surface area contributed by atoms with E-state index in [9.17, 15) is 9.18 Å². The average Bonchev–Trinajstić information content (AvgIpc) is 2.18. The van der Waals surface area contributed by atoms with E-state index in [0.29, 0.717) is 5.56 Å². The molecule has 0 heterocycles. The van der Waals surface area contributed by atoms with Crippen LogP contribution >= 0.6 is 0 Å². The van der Waals surface area contributed by atoms with Gasteiger partial charge in [-0.05, 0) is 11.6 Å². The second kappa shape index (κ2) is 4.37. The van der Waals surface area contributed by atoms with Crippen molar-refractivity contribution in [2.75, 3.05) is 0 Å². The Morgan fingerprint density at radius 3 is 2.54 bits per heavy atom. The molecule has 0 aliphatic carbocycles. The molecule has 4 heteroatoms. The van der Waals surface area contributed by atoms with Gasteiger partial charge >= 0.3 is 5.91 Å². The highest BCUT2D eigenvalue weighted by Gasteiger charge is 2.05. The summed E-state index contributed by atoms with van der Waals surface area (Å²) in [7, 11) is 0. The molecule has 1 aromatic carbocycles. The Morgan fingerprint density at radius 2 is 2.00 bits per heavy atom. The van der Waals surface area contributed by atoms with Gasteiger partial charge in [-0.25, -0.2) is 9.87 Å². The molecule has 0 fully saturated rings. The summed E-state index contributed by atoms with van der Waals surface area (Å²) in [5.74, 6) is -2.18. The van der Waals surface area contributed by atoms with Crippen LogP contribution in [0.25, 0.3) is 6.08 Å². The summed E-state index contributed by atoms with van der Waals surface area (Å²) in [5.41, 5.74) is 1.76. The van der Waals surface area contributed by atoms with Gasteiger partial charge in [0.1, 0.15) is 0 Å². The molecule has 3 nitrogen and oxygen atoms in total. The zero-order chi connectivity index (χ0) is 9.68. The van der Waals surface area contributed by atoms with E-state index in [0.717, 1.165) is 6.08 Å². The number of hydrogen-bond donors (Lipinski definition) is 2. The van der Waals surface area contributed by atoms with Crippen LogP contribution in [0.2, 0.25) is 0 Å². The minimum Gasteiger partial charge on any atom is -0.288 e. The van der Waals surface area contributed by atoms with Gasteiger partial charge in [0.05, 0.1) is 0 Å². The number of carbonyl (C=O) groups is 1. The Kier molecular flexibility index (Phi) is 3.16. The average molecular weight is 181 g/mol. The third kappa shape index (κ3) is 2.68. The molecule has 0 atom stereocenters. The van der Waals surface area contributed by atoms with E-state index < -0.39 is 11.7 Å². The Balaban J connectivity index is 2.83. The van der Waals surface area contributed by atoms with Crippen molar-refractivity contribution in [1.29, 1.82) is 0 Å². The van der Waals surface area contributed by atoms with Gasteiger partial charge in [0.25, 0.3) is 0 Å². The van der Waals surface area contributed by atoms with Gasteiger partial charge in [-0.2, -0.15) is 0 Å². The number of amides is 1. The van der Waals surface area contributed by atoms with E-state index in [1.807, 2.05) is 0 Å². The standard InChI is InChI=1S/C9H8FNO2/c10-8(9(12)11-13)6-7-4-2-1-3-5-7/h1-6,13H,(H,11,12)/b8-6-. The lowest BCUT2D eigenvalue weighted by Gasteiger charge is -1.94. The molecule has 0 aliphatic heterocycles. The molecule has 68 valence electrons. The minimum atomic E-state index is -1.15. The van der Waals surface area contributed by atoms with Crippen LogP contribution in [0.5, 0.6) is 0 Å². The van der Waals surface area contributed by atoms with Gasteiger partial charge in [-0.3, -0.25) is 10.0 Å². The molecule has 1 rings (SSSR count). The third-order valence-electron chi connectivity index (χ3n) is 1.41. The van der Waals surface area contributed by atoms with E-state index in [-0.39, 0.29) is 0 Å².